The minimum absolute atomic E-state index is 0.153. The molecule has 1 aromatic rings. The molecule has 4 heteroatoms. The average molecular weight is 169 g/mol. The van der Waals surface area contributed by atoms with E-state index in [0.29, 0.717) is 6.42 Å². The van der Waals surface area contributed by atoms with Crippen molar-refractivity contribution in [2.24, 2.45) is 11.7 Å². The van der Waals surface area contributed by atoms with E-state index in [1.807, 2.05) is 0 Å². The lowest BCUT2D eigenvalue weighted by Crippen LogP contribution is -2.25. The Kier molecular flexibility index (Phi) is 2.88. The molecule has 1 heterocycles. The molecule has 4 nitrogen and oxygen atoms in total. The third kappa shape index (κ3) is 2.10. The normalized spacial score (nSPS) is 12.8. The molecule has 0 spiro atoms. The monoisotopic (exact) mass is 169 g/mol. The summed E-state index contributed by atoms with van der Waals surface area (Å²) in [6, 6.07) is 1.74. The molecule has 0 saturated heterocycles. The zero-order valence-electron chi connectivity index (χ0n) is 6.56. The second-order valence-corrected chi connectivity index (χ2v) is 2.61. The smallest absolute Gasteiger partial charge is 0.308 e. The van der Waals surface area contributed by atoms with Crippen LogP contribution in [0.1, 0.15) is 5.56 Å². The number of hydrogen-bond acceptors (Lipinski definition) is 3. The van der Waals surface area contributed by atoms with E-state index in [2.05, 4.69) is 0 Å². The lowest BCUT2D eigenvalue weighted by Gasteiger charge is -2.06. The first-order valence-corrected chi connectivity index (χ1v) is 3.68. The number of hydrogen-bond donors (Lipinski definition) is 2. The number of nitrogens with two attached hydrogens (primary N) is 1. The van der Waals surface area contributed by atoms with E-state index in [1.165, 1.54) is 12.5 Å². The molecule has 3 N–H and O–H groups in total. The summed E-state index contributed by atoms with van der Waals surface area (Å²) in [5, 5.41) is 8.66. The molecule has 1 aromatic heterocycles. The summed E-state index contributed by atoms with van der Waals surface area (Å²) in [6.45, 7) is 0.153. The molecule has 0 bridgehead atoms. The number of rotatable bonds is 4. The van der Waals surface area contributed by atoms with Crippen molar-refractivity contribution in [3.05, 3.63) is 24.2 Å². The SMILES string of the molecule is NCC(Cc1ccoc1)C(=O)O. The van der Waals surface area contributed by atoms with Crippen molar-refractivity contribution in [1.29, 1.82) is 0 Å². The molecule has 0 radical (unpaired) electrons. The maximum Gasteiger partial charge on any atom is 0.308 e. The molecule has 1 unspecified atom stereocenters. The molecule has 0 aliphatic heterocycles. The van der Waals surface area contributed by atoms with Crippen LogP contribution in [0.3, 0.4) is 0 Å². The minimum Gasteiger partial charge on any atom is -0.481 e. The molecule has 0 aromatic carbocycles. The van der Waals surface area contributed by atoms with Crippen molar-refractivity contribution in [1.82, 2.24) is 0 Å². The summed E-state index contributed by atoms with van der Waals surface area (Å²) in [4.78, 5) is 10.5. The highest BCUT2D eigenvalue weighted by Gasteiger charge is 2.15. The first-order chi connectivity index (χ1) is 5.74. The molecule has 1 rings (SSSR count). The minimum atomic E-state index is -0.862. The van der Waals surface area contributed by atoms with Crippen molar-refractivity contribution in [3.63, 3.8) is 0 Å². The molecule has 12 heavy (non-hydrogen) atoms. The Bertz CT molecular complexity index is 243. The third-order valence-corrected chi connectivity index (χ3v) is 1.70. The van der Waals surface area contributed by atoms with E-state index in [9.17, 15) is 4.79 Å². The fourth-order valence-corrected chi connectivity index (χ4v) is 0.965. The van der Waals surface area contributed by atoms with Crippen LogP contribution in [-0.4, -0.2) is 17.6 Å². The quantitative estimate of drug-likeness (QED) is 0.687. The predicted molar refractivity (Wildman–Crippen MR) is 42.6 cm³/mol. The Morgan fingerprint density at radius 3 is 2.92 bits per heavy atom. The van der Waals surface area contributed by atoms with Gasteiger partial charge in [-0.3, -0.25) is 4.79 Å². The van der Waals surface area contributed by atoms with Gasteiger partial charge < -0.3 is 15.3 Å². The van der Waals surface area contributed by atoms with Crippen molar-refractivity contribution < 1.29 is 14.3 Å². The van der Waals surface area contributed by atoms with E-state index in [0.717, 1.165) is 5.56 Å². The van der Waals surface area contributed by atoms with E-state index in [4.69, 9.17) is 15.3 Å². The Hall–Kier alpha value is -1.29. The molecule has 0 aliphatic rings. The number of carboxylic acids is 1. The first kappa shape index (κ1) is 8.80. The Morgan fingerprint density at radius 1 is 1.75 bits per heavy atom. The summed E-state index contributed by atoms with van der Waals surface area (Å²) in [5.41, 5.74) is 6.15. The Balaban J connectivity index is 2.54. The highest BCUT2D eigenvalue weighted by Crippen LogP contribution is 2.08. The topological polar surface area (TPSA) is 76.5 Å². The van der Waals surface area contributed by atoms with Gasteiger partial charge in [0.1, 0.15) is 0 Å². The van der Waals surface area contributed by atoms with Gasteiger partial charge in [-0.05, 0) is 18.1 Å². The van der Waals surface area contributed by atoms with Gasteiger partial charge in [-0.2, -0.15) is 0 Å². The van der Waals surface area contributed by atoms with E-state index in [-0.39, 0.29) is 6.54 Å². The van der Waals surface area contributed by atoms with Crippen LogP contribution in [-0.2, 0) is 11.2 Å². The Labute approximate surface area is 70.0 Å². The summed E-state index contributed by atoms with van der Waals surface area (Å²) in [6.07, 6.45) is 3.48. The van der Waals surface area contributed by atoms with Gasteiger partial charge in [-0.15, -0.1) is 0 Å². The van der Waals surface area contributed by atoms with Crippen molar-refractivity contribution in [2.45, 2.75) is 6.42 Å². The zero-order chi connectivity index (χ0) is 8.97. The van der Waals surface area contributed by atoms with Crippen LogP contribution in [0.25, 0.3) is 0 Å². The highest BCUT2D eigenvalue weighted by molar-refractivity contribution is 5.70. The van der Waals surface area contributed by atoms with E-state index in [1.54, 1.807) is 6.07 Å². The van der Waals surface area contributed by atoms with Gasteiger partial charge in [0.05, 0.1) is 18.4 Å². The molecular weight excluding hydrogens is 158 g/mol. The van der Waals surface area contributed by atoms with Crippen LogP contribution >= 0.6 is 0 Å². The number of furan rings is 1. The van der Waals surface area contributed by atoms with Crippen LogP contribution in [0, 0.1) is 5.92 Å². The summed E-state index contributed by atoms with van der Waals surface area (Å²) >= 11 is 0. The first-order valence-electron chi connectivity index (χ1n) is 3.68. The summed E-state index contributed by atoms with van der Waals surface area (Å²) in [7, 11) is 0. The zero-order valence-corrected chi connectivity index (χ0v) is 6.56. The van der Waals surface area contributed by atoms with Gasteiger partial charge in [0.15, 0.2) is 0 Å². The van der Waals surface area contributed by atoms with Gasteiger partial charge in [-0.25, -0.2) is 0 Å². The predicted octanol–water partition coefficient (Wildman–Crippen LogP) is 0.482. The largest absolute Gasteiger partial charge is 0.481 e. The van der Waals surface area contributed by atoms with Crippen molar-refractivity contribution in [3.8, 4) is 0 Å². The van der Waals surface area contributed by atoms with Gasteiger partial charge in [0.25, 0.3) is 0 Å². The second kappa shape index (κ2) is 3.92. The fraction of sp³-hybridized carbons (Fsp3) is 0.375. The molecule has 0 aliphatic carbocycles. The van der Waals surface area contributed by atoms with Crippen LogP contribution in [0.4, 0.5) is 0 Å². The standard InChI is InChI=1S/C8H11NO3/c9-4-7(8(10)11)3-6-1-2-12-5-6/h1-2,5,7H,3-4,9H2,(H,10,11). The number of carboxylic acid groups (broad SMARTS) is 1. The van der Waals surface area contributed by atoms with E-state index >= 15 is 0 Å². The summed E-state index contributed by atoms with van der Waals surface area (Å²) < 4.78 is 4.81. The number of carbonyl (C=O) groups is 1. The van der Waals surface area contributed by atoms with E-state index < -0.39 is 11.9 Å². The molecule has 0 saturated carbocycles. The van der Waals surface area contributed by atoms with Gasteiger partial charge in [-0.1, -0.05) is 0 Å². The Morgan fingerprint density at radius 2 is 2.50 bits per heavy atom. The lowest BCUT2D eigenvalue weighted by molar-refractivity contribution is -0.141. The highest BCUT2D eigenvalue weighted by atomic mass is 16.4. The third-order valence-electron chi connectivity index (χ3n) is 1.70. The maximum absolute atomic E-state index is 10.5. The molecule has 66 valence electrons. The molecular formula is C8H11NO3. The molecule has 1 atom stereocenters. The van der Waals surface area contributed by atoms with Gasteiger partial charge in [0, 0.05) is 6.54 Å². The van der Waals surface area contributed by atoms with Gasteiger partial charge >= 0.3 is 5.97 Å². The van der Waals surface area contributed by atoms with Crippen LogP contribution in [0.2, 0.25) is 0 Å². The second-order valence-electron chi connectivity index (χ2n) is 2.61. The lowest BCUT2D eigenvalue weighted by atomic mass is 10.0. The van der Waals surface area contributed by atoms with Crippen LogP contribution < -0.4 is 5.73 Å². The fourth-order valence-electron chi connectivity index (χ4n) is 0.965. The molecule has 0 amide bonds. The maximum atomic E-state index is 10.5. The van der Waals surface area contributed by atoms with Crippen LogP contribution in [0.15, 0.2) is 23.0 Å². The van der Waals surface area contributed by atoms with Gasteiger partial charge in [0.2, 0.25) is 0 Å². The average Bonchev–Trinajstić information content (AvgIpc) is 2.51. The number of aliphatic carboxylic acids is 1. The van der Waals surface area contributed by atoms with Crippen molar-refractivity contribution in [2.75, 3.05) is 6.54 Å². The summed E-state index contributed by atoms with van der Waals surface area (Å²) in [5.74, 6) is -1.37. The molecule has 0 fully saturated rings. The van der Waals surface area contributed by atoms with Crippen molar-refractivity contribution >= 4 is 5.97 Å². The van der Waals surface area contributed by atoms with Crippen LogP contribution in [0.5, 0.6) is 0 Å².